The molecule has 1 unspecified atom stereocenters. The molecule has 1 aromatic rings. The van der Waals surface area contributed by atoms with Gasteiger partial charge in [0.25, 0.3) is 0 Å². The Hall–Kier alpha value is -1.58. The van der Waals surface area contributed by atoms with Crippen molar-refractivity contribution in [3.05, 3.63) is 30.1 Å². The van der Waals surface area contributed by atoms with Crippen molar-refractivity contribution >= 4 is 11.7 Å². The summed E-state index contributed by atoms with van der Waals surface area (Å²) in [5, 5.41) is 9.20. The second kappa shape index (κ2) is 4.51. The van der Waals surface area contributed by atoms with Crippen molar-refractivity contribution in [2.75, 3.05) is 11.9 Å². The maximum atomic E-state index is 13.0. The number of aliphatic carboxylic acids is 1. The van der Waals surface area contributed by atoms with Gasteiger partial charge in [0, 0.05) is 12.7 Å². The van der Waals surface area contributed by atoms with Gasteiger partial charge in [-0.25, -0.2) is 9.18 Å². The third kappa shape index (κ3) is 2.15. The molecule has 0 saturated heterocycles. The van der Waals surface area contributed by atoms with E-state index in [1.54, 1.807) is 37.9 Å². The first-order chi connectivity index (χ1) is 7.41. The molecule has 0 aliphatic rings. The molecule has 0 radical (unpaired) electrons. The molecule has 0 bridgehead atoms. The van der Waals surface area contributed by atoms with E-state index in [0.29, 0.717) is 12.1 Å². The minimum Gasteiger partial charge on any atom is -0.480 e. The number of rotatable bonds is 4. The number of hydrogen-bond donors (Lipinski definition) is 1. The standard InChI is InChI=1S/C12H16FNO2/c1-4-12(2,11(15)16)14(3)10-7-5-6-9(13)8-10/h5-8H,4H2,1-3H3,(H,15,16). The highest BCUT2D eigenvalue weighted by Gasteiger charge is 2.35. The fourth-order valence-electron chi connectivity index (χ4n) is 1.50. The molecule has 1 N–H and O–H groups in total. The van der Waals surface area contributed by atoms with Crippen LogP contribution in [0.2, 0.25) is 0 Å². The first kappa shape index (κ1) is 12.5. The van der Waals surface area contributed by atoms with Gasteiger partial charge < -0.3 is 10.0 Å². The highest BCUT2D eigenvalue weighted by atomic mass is 19.1. The lowest BCUT2D eigenvalue weighted by atomic mass is 9.96. The zero-order chi connectivity index (χ0) is 12.3. The van der Waals surface area contributed by atoms with Gasteiger partial charge in [0.15, 0.2) is 0 Å². The SMILES string of the molecule is CCC(C)(C(=O)O)N(C)c1cccc(F)c1. The van der Waals surface area contributed by atoms with Gasteiger partial charge >= 0.3 is 5.97 Å². The Bertz CT molecular complexity index is 394. The van der Waals surface area contributed by atoms with Crippen molar-refractivity contribution < 1.29 is 14.3 Å². The Morgan fingerprint density at radius 1 is 1.56 bits per heavy atom. The highest BCUT2D eigenvalue weighted by molar-refractivity contribution is 5.82. The summed E-state index contributed by atoms with van der Waals surface area (Å²) in [4.78, 5) is 12.8. The lowest BCUT2D eigenvalue weighted by molar-refractivity contribution is -0.142. The quantitative estimate of drug-likeness (QED) is 0.856. The molecule has 1 rings (SSSR count). The molecule has 3 nitrogen and oxygen atoms in total. The monoisotopic (exact) mass is 225 g/mol. The van der Waals surface area contributed by atoms with Crippen molar-refractivity contribution in [2.45, 2.75) is 25.8 Å². The molecular formula is C12H16FNO2. The van der Waals surface area contributed by atoms with Crippen molar-refractivity contribution in [3.63, 3.8) is 0 Å². The van der Waals surface area contributed by atoms with Gasteiger partial charge in [0.1, 0.15) is 11.4 Å². The van der Waals surface area contributed by atoms with Crippen LogP contribution in [-0.4, -0.2) is 23.7 Å². The first-order valence-corrected chi connectivity index (χ1v) is 5.14. The molecule has 0 fully saturated rings. The summed E-state index contributed by atoms with van der Waals surface area (Å²) in [6.07, 6.45) is 0.440. The van der Waals surface area contributed by atoms with E-state index in [1.807, 2.05) is 0 Å². The van der Waals surface area contributed by atoms with Crippen LogP contribution < -0.4 is 4.90 Å². The molecule has 1 atom stereocenters. The summed E-state index contributed by atoms with van der Waals surface area (Å²) in [7, 11) is 1.66. The summed E-state index contributed by atoms with van der Waals surface area (Å²) in [6, 6.07) is 5.93. The zero-order valence-corrected chi connectivity index (χ0v) is 9.70. The van der Waals surface area contributed by atoms with Crippen LogP contribution in [0.5, 0.6) is 0 Å². The van der Waals surface area contributed by atoms with E-state index in [1.165, 1.54) is 12.1 Å². The average molecular weight is 225 g/mol. The van der Waals surface area contributed by atoms with Crippen LogP contribution in [0.15, 0.2) is 24.3 Å². The summed E-state index contributed by atoms with van der Waals surface area (Å²) in [6.45, 7) is 3.42. The fraction of sp³-hybridized carbons (Fsp3) is 0.417. The van der Waals surface area contributed by atoms with Crippen molar-refractivity contribution in [3.8, 4) is 0 Å². The first-order valence-electron chi connectivity index (χ1n) is 5.14. The molecule has 0 saturated carbocycles. The second-order valence-electron chi connectivity index (χ2n) is 3.97. The van der Waals surface area contributed by atoms with E-state index < -0.39 is 11.5 Å². The number of benzene rings is 1. The van der Waals surface area contributed by atoms with E-state index in [4.69, 9.17) is 0 Å². The maximum Gasteiger partial charge on any atom is 0.329 e. The third-order valence-corrected chi connectivity index (χ3v) is 3.08. The predicted octanol–water partition coefficient (Wildman–Crippen LogP) is 2.52. The highest BCUT2D eigenvalue weighted by Crippen LogP contribution is 2.25. The fourth-order valence-corrected chi connectivity index (χ4v) is 1.50. The predicted molar refractivity (Wildman–Crippen MR) is 61.1 cm³/mol. The Balaban J connectivity index is 3.09. The molecule has 0 aliphatic heterocycles. The Morgan fingerprint density at radius 3 is 2.62 bits per heavy atom. The van der Waals surface area contributed by atoms with Gasteiger partial charge in [-0.3, -0.25) is 0 Å². The molecular weight excluding hydrogens is 209 g/mol. The van der Waals surface area contributed by atoms with Crippen LogP contribution in [0.3, 0.4) is 0 Å². The molecule has 0 aliphatic carbocycles. The topological polar surface area (TPSA) is 40.5 Å². The Kier molecular flexibility index (Phi) is 3.52. The summed E-state index contributed by atoms with van der Waals surface area (Å²) in [5.74, 6) is -1.28. The lowest BCUT2D eigenvalue weighted by Gasteiger charge is -2.36. The molecule has 4 heteroatoms. The van der Waals surface area contributed by atoms with Gasteiger partial charge in [-0.05, 0) is 31.5 Å². The number of anilines is 1. The van der Waals surface area contributed by atoms with Crippen LogP contribution in [0.25, 0.3) is 0 Å². The van der Waals surface area contributed by atoms with Crippen LogP contribution in [-0.2, 0) is 4.79 Å². The second-order valence-corrected chi connectivity index (χ2v) is 3.97. The molecule has 16 heavy (non-hydrogen) atoms. The number of carbonyl (C=O) groups is 1. The largest absolute Gasteiger partial charge is 0.480 e. The molecule has 0 spiro atoms. The summed E-state index contributed by atoms with van der Waals surface area (Å²) < 4.78 is 13.0. The average Bonchev–Trinajstić information content (AvgIpc) is 2.26. The number of hydrogen-bond acceptors (Lipinski definition) is 2. The number of likely N-dealkylation sites (N-methyl/N-ethyl adjacent to an activating group) is 1. The maximum absolute atomic E-state index is 13.0. The van der Waals surface area contributed by atoms with Crippen molar-refractivity contribution in [2.24, 2.45) is 0 Å². The zero-order valence-electron chi connectivity index (χ0n) is 9.70. The van der Waals surface area contributed by atoms with E-state index in [2.05, 4.69) is 0 Å². The minimum absolute atomic E-state index is 0.367. The van der Waals surface area contributed by atoms with Crippen LogP contribution >= 0.6 is 0 Å². The van der Waals surface area contributed by atoms with Crippen molar-refractivity contribution in [1.82, 2.24) is 0 Å². The number of carboxylic acids is 1. The normalized spacial score (nSPS) is 14.2. The molecule has 0 aromatic heterocycles. The van der Waals surface area contributed by atoms with Gasteiger partial charge in [-0.15, -0.1) is 0 Å². The summed E-state index contributed by atoms with van der Waals surface area (Å²) in [5.41, 5.74) is -0.458. The van der Waals surface area contributed by atoms with Gasteiger partial charge in [-0.2, -0.15) is 0 Å². The van der Waals surface area contributed by atoms with Gasteiger partial charge in [0.2, 0.25) is 0 Å². The Morgan fingerprint density at radius 2 is 2.19 bits per heavy atom. The molecule has 88 valence electrons. The molecule has 0 amide bonds. The smallest absolute Gasteiger partial charge is 0.329 e. The van der Waals surface area contributed by atoms with E-state index in [9.17, 15) is 14.3 Å². The van der Waals surface area contributed by atoms with E-state index in [-0.39, 0.29) is 5.82 Å². The third-order valence-electron chi connectivity index (χ3n) is 3.08. The Labute approximate surface area is 94.5 Å². The minimum atomic E-state index is -1.02. The molecule has 0 heterocycles. The summed E-state index contributed by atoms with van der Waals surface area (Å²) >= 11 is 0. The van der Waals surface area contributed by atoms with Gasteiger partial charge in [0.05, 0.1) is 0 Å². The van der Waals surface area contributed by atoms with Crippen molar-refractivity contribution in [1.29, 1.82) is 0 Å². The van der Waals surface area contributed by atoms with E-state index in [0.717, 1.165) is 0 Å². The van der Waals surface area contributed by atoms with E-state index >= 15 is 0 Å². The lowest BCUT2D eigenvalue weighted by Crippen LogP contribution is -2.50. The number of nitrogens with zero attached hydrogens (tertiary/aromatic N) is 1. The number of carboxylic acid groups (broad SMARTS) is 1. The van der Waals surface area contributed by atoms with Crippen LogP contribution in [0.4, 0.5) is 10.1 Å². The van der Waals surface area contributed by atoms with Crippen LogP contribution in [0.1, 0.15) is 20.3 Å². The van der Waals surface area contributed by atoms with Crippen LogP contribution in [0, 0.1) is 5.82 Å². The van der Waals surface area contributed by atoms with Gasteiger partial charge in [-0.1, -0.05) is 13.0 Å². The molecule has 1 aromatic carbocycles. The number of halogens is 1.